The number of anilines is 1. The molecule has 140 valence electrons. The van der Waals surface area contributed by atoms with E-state index in [1.807, 2.05) is 35.2 Å². The molecule has 1 aromatic carbocycles. The Morgan fingerprint density at radius 1 is 1.30 bits per heavy atom. The van der Waals surface area contributed by atoms with Crippen molar-refractivity contribution in [2.24, 2.45) is 0 Å². The number of carbonyl (C=O) groups is 1. The Hall–Kier alpha value is -2.93. The third-order valence-electron chi connectivity index (χ3n) is 4.93. The number of rotatable bonds is 6. The molecule has 1 amide bonds. The van der Waals surface area contributed by atoms with Crippen LogP contribution in [0.5, 0.6) is 0 Å². The number of hydrogen-bond donors (Lipinski definition) is 2. The molecule has 0 aliphatic carbocycles. The first-order valence-corrected chi connectivity index (χ1v) is 9.17. The number of aromatic nitrogens is 3. The lowest BCUT2D eigenvalue weighted by molar-refractivity contribution is -0.136. The lowest BCUT2D eigenvalue weighted by Crippen LogP contribution is -2.33. The molecule has 0 bridgehead atoms. The quantitative estimate of drug-likeness (QED) is 0.702. The van der Waals surface area contributed by atoms with E-state index in [1.165, 1.54) is 5.56 Å². The number of nitrogens with zero attached hydrogens (tertiary/aromatic N) is 3. The minimum absolute atomic E-state index is 0.000998. The van der Waals surface area contributed by atoms with Crippen molar-refractivity contribution in [2.75, 3.05) is 25.6 Å². The zero-order chi connectivity index (χ0) is 18.6. The highest BCUT2D eigenvalue weighted by Crippen LogP contribution is 2.32. The number of fused-ring (bicyclic) bond motifs is 1. The number of H-pyrrole nitrogens is 1. The standard InChI is InChI=1S/C20H23N5O2/c1-27-13-18(26)25-11-5-8-17(25)16-10-9-15-19(23-24-20(15)22-16)21-12-14-6-3-2-4-7-14/h2-4,6-7,9-10,17H,5,8,11-13H2,1H3,(H2,21,22,23,24)/t17-/m1/s1. The topological polar surface area (TPSA) is 83.1 Å². The third-order valence-corrected chi connectivity index (χ3v) is 4.93. The van der Waals surface area contributed by atoms with Crippen LogP contribution in [0.1, 0.15) is 30.1 Å². The van der Waals surface area contributed by atoms with Crippen molar-refractivity contribution in [1.82, 2.24) is 20.1 Å². The second-order valence-electron chi connectivity index (χ2n) is 6.72. The number of amides is 1. The Bertz CT molecular complexity index is 925. The van der Waals surface area contributed by atoms with Gasteiger partial charge in [-0.05, 0) is 30.5 Å². The highest BCUT2D eigenvalue weighted by Gasteiger charge is 2.31. The van der Waals surface area contributed by atoms with Crippen molar-refractivity contribution < 1.29 is 9.53 Å². The van der Waals surface area contributed by atoms with Gasteiger partial charge in [0.15, 0.2) is 11.5 Å². The Balaban J connectivity index is 1.52. The summed E-state index contributed by atoms with van der Waals surface area (Å²) in [4.78, 5) is 18.9. The fourth-order valence-electron chi connectivity index (χ4n) is 3.60. The second-order valence-corrected chi connectivity index (χ2v) is 6.72. The molecule has 0 saturated carbocycles. The number of aromatic amines is 1. The number of likely N-dealkylation sites (tertiary alicyclic amines) is 1. The van der Waals surface area contributed by atoms with Crippen LogP contribution in [0.4, 0.5) is 5.82 Å². The van der Waals surface area contributed by atoms with E-state index in [2.05, 4.69) is 27.6 Å². The minimum Gasteiger partial charge on any atom is -0.375 e. The predicted molar refractivity (Wildman–Crippen MR) is 103 cm³/mol. The van der Waals surface area contributed by atoms with Gasteiger partial charge in [0, 0.05) is 20.2 Å². The summed E-state index contributed by atoms with van der Waals surface area (Å²) in [6, 6.07) is 14.2. The smallest absolute Gasteiger partial charge is 0.249 e. The maximum atomic E-state index is 12.3. The number of pyridine rings is 1. The molecule has 0 unspecified atom stereocenters. The molecule has 2 N–H and O–H groups in total. The lowest BCUT2D eigenvalue weighted by atomic mass is 10.1. The van der Waals surface area contributed by atoms with E-state index in [0.717, 1.165) is 41.9 Å². The van der Waals surface area contributed by atoms with Crippen LogP contribution in [-0.2, 0) is 16.1 Å². The van der Waals surface area contributed by atoms with E-state index in [1.54, 1.807) is 7.11 Å². The Morgan fingerprint density at radius 2 is 2.15 bits per heavy atom. The first-order valence-electron chi connectivity index (χ1n) is 9.17. The molecule has 3 aromatic rings. The fraction of sp³-hybridized carbons (Fsp3) is 0.350. The third kappa shape index (κ3) is 3.64. The average molecular weight is 365 g/mol. The molecule has 7 nitrogen and oxygen atoms in total. The van der Waals surface area contributed by atoms with E-state index < -0.39 is 0 Å². The summed E-state index contributed by atoms with van der Waals surface area (Å²) < 4.78 is 5.00. The molecule has 0 radical (unpaired) electrons. The van der Waals surface area contributed by atoms with Gasteiger partial charge in [0.05, 0.1) is 17.1 Å². The molecule has 3 heterocycles. The van der Waals surface area contributed by atoms with Crippen molar-refractivity contribution in [3.63, 3.8) is 0 Å². The molecule has 1 atom stereocenters. The molecule has 27 heavy (non-hydrogen) atoms. The molecular formula is C20H23N5O2. The van der Waals surface area contributed by atoms with Crippen molar-refractivity contribution in [1.29, 1.82) is 0 Å². The first-order chi connectivity index (χ1) is 13.3. The maximum Gasteiger partial charge on any atom is 0.249 e. The van der Waals surface area contributed by atoms with Crippen LogP contribution in [-0.4, -0.2) is 46.2 Å². The fourth-order valence-corrected chi connectivity index (χ4v) is 3.60. The molecule has 1 saturated heterocycles. The number of hydrogen-bond acceptors (Lipinski definition) is 5. The van der Waals surface area contributed by atoms with Gasteiger partial charge in [0.1, 0.15) is 6.61 Å². The molecule has 1 fully saturated rings. The normalized spacial score (nSPS) is 16.8. The van der Waals surface area contributed by atoms with Crippen LogP contribution in [0.3, 0.4) is 0 Å². The van der Waals surface area contributed by atoms with E-state index in [-0.39, 0.29) is 18.6 Å². The van der Waals surface area contributed by atoms with Gasteiger partial charge in [-0.3, -0.25) is 9.89 Å². The molecule has 1 aliphatic rings. The van der Waals surface area contributed by atoms with E-state index >= 15 is 0 Å². The predicted octanol–water partition coefficient (Wildman–Crippen LogP) is 2.88. The second kappa shape index (κ2) is 7.75. The summed E-state index contributed by atoms with van der Waals surface area (Å²) >= 11 is 0. The van der Waals surface area contributed by atoms with Gasteiger partial charge in [-0.15, -0.1) is 0 Å². The molecule has 7 heteroatoms. The number of benzene rings is 1. The minimum atomic E-state index is 0.000998. The number of carbonyl (C=O) groups excluding carboxylic acids is 1. The van der Waals surface area contributed by atoms with Gasteiger partial charge in [0.2, 0.25) is 5.91 Å². The Kier molecular flexibility index (Phi) is 5.02. The van der Waals surface area contributed by atoms with Crippen LogP contribution < -0.4 is 5.32 Å². The molecular weight excluding hydrogens is 342 g/mol. The van der Waals surface area contributed by atoms with Gasteiger partial charge in [-0.25, -0.2) is 4.98 Å². The summed E-state index contributed by atoms with van der Waals surface area (Å²) in [5, 5.41) is 11.7. The Morgan fingerprint density at radius 3 is 2.96 bits per heavy atom. The summed E-state index contributed by atoms with van der Waals surface area (Å²) in [5.74, 6) is 0.795. The molecule has 2 aromatic heterocycles. The van der Waals surface area contributed by atoms with Gasteiger partial charge < -0.3 is 15.0 Å². The summed E-state index contributed by atoms with van der Waals surface area (Å²) in [7, 11) is 1.54. The van der Waals surface area contributed by atoms with Crippen LogP contribution in [0.25, 0.3) is 11.0 Å². The van der Waals surface area contributed by atoms with Gasteiger partial charge in [0.25, 0.3) is 0 Å². The highest BCUT2D eigenvalue weighted by molar-refractivity contribution is 5.87. The zero-order valence-corrected chi connectivity index (χ0v) is 15.3. The van der Waals surface area contributed by atoms with Crippen molar-refractivity contribution in [2.45, 2.75) is 25.4 Å². The van der Waals surface area contributed by atoms with E-state index in [0.29, 0.717) is 6.54 Å². The van der Waals surface area contributed by atoms with Crippen LogP contribution in [0.15, 0.2) is 42.5 Å². The lowest BCUT2D eigenvalue weighted by Gasteiger charge is -2.24. The first kappa shape index (κ1) is 17.5. The van der Waals surface area contributed by atoms with Crippen LogP contribution >= 0.6 is 0 Å². The SMILES string of the molecule is COCC(=O)N1CCC[C@@H]1c1ccc2c(NCc3ccccc3)n[nH]c2n1. The molecule has 1 aliphatic heterocycles. The maximum absolute atomic E-state index is 12.3. The summed E-state index contributed by atoms with van der Waals surface area (Å²) in [6.45, 7) is 1.56. The number of ether oxygens (including phenoxy) is 1. The van der Waals surface area contributed by atoms with Crippen LogP contribution in [0.2, 0.25) is 0 Å². The number of methoxy groups -OCH3 is 1. The van der Waals surface area contributed by atoms with E-state index in [4.69, 9.17) is 9.72 Å². The molecule has 4 rings (SSSR count). The highest BCUT2D eigenvalue weighted by atomic mass is 16.5. The Labute approximate surface area is 157 Å². The van der Waals surface area contributed by atoms with Crippen molar-refractivity contribution in [3.8, 4) is 0 Å². The number of nitrogens with one attached hydrogen (secondary N) is 2. The largest absolute Gasteiger partial charge is 0.375 e. The van der Waals surface area contributed by atoms with E-state index in [9.17, 15) is 4.79 Å². The van der Waals surface area contributed by atoms with Gasteiger partial charge in [-0.2, -0.15) is 5.10 Å². The average Bonchev–Trinajstić information content (AvgIpc) is 3.34. The van der Waals surface area contributed by atoms with Crippen molar-refractivity contribution >= 4 is 22.8 Å². The molecule has 0 spiro atoms. The van der Waals surface area contributed by atoms with Crippen LogP contribution in [0, 0.1) is 0 Å². The summed E-state index contributed by atoms with van der Waals surface area (Å²) in [5.41, 5.74) is 2.81. The zero-order valence-electron chi connectivity index (χ0n) is 15.3. The summed E-state index contributed by atoms with van der Waals surface area (Å²) in [6.07, 6.45) is 1.90. The van der Waals surface area contributed by atoms with Gasteiger partial charge in [-0.1, -0.05) is 30.3 Å². The van der Waals surface area contributed by atoms with Gasteiger partial charge >= 0.3 is 0 Å². The monoisotopic (exact) mass is 365 g/mol. The van der Waals surface area contributed by atoms with Crippen molar-refractivity contribution in [3.05, 3.63) is 53.7 Å².